The molecule has 0 saturated carbocycles. The Hall–Kier alpha value is -2.66. The molecular weight excluding hydrogens is 318 g/mol. The van der Waals surface area contributed by atoms with Crippen LogP contribution in [-0.2, 0) is 6.42 Å². The predicted molar refractivity (Wildman–Crippen MR) is 98.0 cm³/mol. The average Bonchev–Trinajstić information content (AvgIpc) is 2.57. The van der Waals surface area contributed by atoms with Gasteiger partial charge in [0.15, 0.2) is 0 Å². The van der Waals surface area contributed by atoms with Crippen LogP contribution in [0, 0.1) is 0 Å². The van der Waals surface area contributed by atoms with Gasteiger partial charge in [-0.05, 0) is 26.3 Å². The number of aliphatic hydroxyl groups is 1. The third-order valence-electron chi connectivity index (χ3n) is 4.60. The fourth-order valence-electron chi connectivity index (χ4n) is 3.43. The minimum atomic E-state index is -1.02. The summed E-state index contributed by atoms with van der Waals surface area (Å²) >= 11 is 0. The van der Waals surface area contributed by atoms with Crippen molar-refractivity contribution in [3.05, 3.63) is 52.6 Å². The summed E-state index contributed by atoms with van der Waals surface area (Å²) < 4.78 is 5.47. The first-order valence-corrected chi connectivity index (χ1v) is 8.16. The van der Waals surface area contributed by atoms with Crippen LogP contribution in [0.15, 0.2) is 35.9 Å². The normalized spacial score (nSPS) is 15.4. The number of rotatable bonds is 3. The van der Waals surface area contributed by atoms with E-state index in [1.54, 1.807) is 25.3 Å². The van der Waals surface area contributed by atoms with Gasteiger partial charge in [-0.2, -0.15) is 0 Å². The van der Waals surface area contributed by atoms with Crippen molar-refractivity contribution in [3.8, 4) is 17.2 Å². The highest BCUT2D eigenvalue weighted by molar-refractivity contribution is 5.84. The lowest BCUT2D eigenvalue weighted by molar-refractivity contribution is 0.213. The van der Waals surface area contributed by atoms with Gasteiger partial charge in [-0.25, -0.2) is 0 Å². The van der Waals surface area contributed by atoms with Gasteiger partial charge in [0.1, 0.15) is 23.4 Å². The van der Waals surface area contributed by atoms with Crippen LogP contribution in [0.4, 0.5) is 11.4 Å². The summed E-state index contributed by atoms with van der Waals surface area (Å²) in [5.41, 5.74) is 4.20. The topological polar surface area (TPSA) is 73.2 Å². The number of hydrogen-bond acceptors (Lipinski definition) is 5. The van der Waals surface area contributed by atoms with E-state index in [9.17, 15) is 15.3 Å². The molecule has 5 heteroatoms. The number of nitrogens with zero attached hydrogens (tertiary/aromatic N) is 1. The van der Waals surface area contributed by atoms with E-state index >= 15 is 0 Å². The largest absolute Gasteiger partial charge is 0.507 e. The van der Waals surface area contributed by atoms with E-state index in [4.69, 9.17) is 4.74 Å². The zero-order valence-electron chi connectivity index (χ0n) is 14.9. The van der Waals surface area contributed by atoms with E-state index in [0.29, 0.717) is 34.7 Å². The van der Waals surface area contributed by atoms with E-state index in [1.165, 1.54) is 6.07 Å². The van der Waals surface area contributed by atoms with Gasteiger partial charge >= 0.3 is 0 Å². The average molecular weight is 341 g/mol. The number of benzene rings is 2. The molecule has 1 heterocycles. The van der Waals surface area contributed by atoms with E-state index < -0.39 is 6.10 Å². The summed E-state index contributed by atoms with van der Waals surface area (Å²) in [5.74, 6) is 0.605. The van der Waals surface area contributed by atoms with Crippen molar-refractivity contribution < 1.29 is 20.1 Å². The van der Waals surface area contributed by atoms with Crippen molar-refractivity contribution in [2.24, 2.45) is 0 Å². The molecule has 3 N–H and O–H groups in total. The zero-order valence-corrected chi connectivity index (χ0v) is 14.9. The first kappa shape index (κ1) is 17.2. The van der Waals surface area contributed by atoms with Crippen molar-refractivity contribution in [2.45, 2.75) is 26.4 Å². The fourth-order valence-corrected chi connectivity index (χ4v) is 3.43. The molecule has 1 aliphatic rings. The van der Waals surface area contributed by atoms with Crippen LogP contribution in [0.3, 0.4) is 0 Å². The maximum absolute atomic E-state index is 10.8. The molecule has 1 aliphatic heterocycles. The number of para-hydroxylation sites is 1. The molecule has 2 aromatic carbocycles. The molecule has 0 aliphatic carbocycles. The smallest absolute Gasteiger partial charge is 0.139 e. The second-order valence-corrected chi connectivity index (χ2v) is 6.50. The first-order chi connectivity index (χ1) is 11.9. The summed E-state index contributed by atoms with van der Waals surface area (Å²) in [6.07, 6.45) is 1.63. The van der Waals surface area contributed by atoms with Crippen molar-refractivity contribution >= 4 is 11.4 Å². The van der Waals surface area contributed by atoms with E-state index in [2.05, 4.69) is 6.08 Å². The van der Waals surface area contributed by atoms with Gasteiger partial charge in [0.25, 0.3) is 0 Å². The number of phenolic OH excluding ortho intramolecular Hbond substituents is 2. The highest BCUT2D eigenvalue weighted by Crippen LogP contribution is 2.53. The van der Waals surface area contributed by atoms with E-state index in [1.807, 2.05) is 25.8 Å². The minimum absolute atomic E-state index is 0.0267. The lowest BCUT2D eigenvalue weighted by Gasteiger charge is -2.36. The Morgan fingerprint density at radius 1 is 1.20 bits per heavy atom. The molecule has 2 aromatic rings. The van der Waals surface area contributed by atoms with Gasteiger partial charge in [0.2, 0.25) is 0 Å². The summed E-state index contributed by atoms with van der Waals surface area (Å²) in [5, 5.41) is 31.7. The number of aromatic hydroxyl groups is 2. The number of ether oxygens (including phenoxy) is 1. The van der Waals surface area contributed by atoms with Crippen LogP contribution < -0.4 is 9.64 Å². The van der Waals surface area contributed by atoms with Crippen molar-refractivity contribution in [1.29, 1.82) is 0 Å². The molecule has 132 valence electrons. The monoisotopic (exact) mass is 341 g/mol. The highest BCUT2D eigenvalue weighted by atomic mass is 16.5. The number of aliphatic hydroxyl groups excluding tert-OH is 1. The van der Waals surface area contributed by atoms with Crippen LogP contribution in [0.1, 0.15) is 36.6 Å². The third-order valence-corrected chi connectivity index (χ3v) is 4.60. The Kier molecular flexibility index (Phi) is 4.35. The van der Waals surface area contributed by atoms with Gasteiger partial charge in [-0.1, -0.05) is 23.8 Å². The van der Waals surface area contributed by atoms with Gasteiger partial charge < -0.3 is 25.0 Å². The first-order valence-electron chi connectivity index (χ1n) is 8.16. The van der Waals surface area contributed by atoms with Crippen molar-refractivity contribution in [3.63, 3.8) is 0 Å². The molecular formula is C20H23NO4. The number of methoxy groups -OCH3 is 1. The maximum atomic E-state index is 10.8. The second kappa shape index (κ2) is 6.33. The summed E-state index contributed by atoms with van der Waals surface area (Å²) in [6, 6.07) is 6.56. The Morgan fingerprint density at radius 3 is 2.56 bits per heavy atom. The quantitative estimate of drug-likeness (QED) is 0.741. The van der Waals surface area contributed by atoms with Gasteiger partial charge in [0, 0.05) is 24.2 Å². The third kappa shape index (κ3) is 2.70. The fraction of sp³-hybridized carbons (Fsp3) is 0.300. The van der Waals surface area contributed by atoms with Gasteiger partial charge in [-0.15, -0.1) is 0 Å². The molecule has 5 nitrogen and oxygen atoms in total. The molecule has 0 spiro atoms. The number of hydrogen-bond donors (Lipinski definition) is 3. The molecule has 0 radical (unpaired) electrons. The molecule has 0 aromatic heterocycles. The summed E-state index contributed by atoms with van der Waals surface area (Å²) in [6.45, 7) is 4.03. The second-order valence-electron chi connectivity index (χ2n) is 6.50. The summed E-state index contributed by atoms with van der Waals surface area (Å²) in [4.78, 5) is 1.81. The maximum Gasteiger partial charge on any atom is 0.139 e. The minimum Gasteiger partial charge on any atom is -0.507 e. The molecule has 0 saturated heterocycles. The van der Waals surface area contributed by atoms with Crippen molar-refractivity contribution in [2.75, 3.05) is 19.1 Å². The zero-order chi connectivity index (χ0) is 18.3. The predicted octanol–water partition coefficient (Wildman–Crippen LogP) is 3.78. The van der Waals surface area contributed by atoms with Crippen LogP contribution >= 0.6 is 0 Å². The Balaban J connectivity index is 2.31. The van der Waals surface area contributed by atoms with Crippen LogP contribution in [0.25, 0.3) is 0 Å². The Morgan fingerprint density at radius 2 is 1.92 bits per heavy atom. The van der Waals surface area contributed by atoms with E-state index in [-0.39, 0.29) is 11.5 Å². The summed E-state index contributed by atoms with van der Waals surface area (Å²) in [7, 11) is 3.37. The Bertz CT molecular complexity index is 853. The standard InChI is InChI=1S/C20H23NO4/c1-11(2)8-9-12-16(25-4)10-15(23)17-19(12)21(3)18-13(20(17)24)6-5-7-14(18)22/h5-8,10,20,22-24H,9H2,1-4H3. The SMILES string of the molecule is COc1cc(O)c2c(c1CC=C(C)C)N(C)c1c(O)cccc1C2O. The van der Waals surface area contributed by atoms with Crippen LogP contribution in [0.5, 0.6) is 17.2 Å². The molecule has 1 unspecified atom stereocenters. The van der Waals surface area contributed by atoms with Gasteiger partial charge in [0.05, 0.1) is 24.0 Å². The number of fused-ring (bicyclic) bond motifs is 2. The lowest BCUT2D eigenvalue weighted by Crippen LogP contribution is -2.23. The Labute approximate surface area is 147 Å². The van der Waals surface area contributed by atoms with Gasteiger partial charge in [-0.3, -0.25) is 0 Å². The molecule has 0 fully saturated rings. The van der Waals surface area contributed by atoms with Crippen LogP contribution in [0.2, 0.25) is 0 Å². The molecule has 0 bridgehead atoms. The molecule has 1 atom stereocenters. The molecule has 3 rings (SSSR count). The molecule has 0 amide bonds. The number of allylic oxidation sites excluding steroid dienone is 2. The lowest BCUT2D eigenvalue weighted by atomic mass is 9.88. The molecule has 25 heavy (non-hydrogen) atoms. The van der Waals surface area contributed by atoms with Crippen molar-refractivity contribution in [1.82, 2.24) is 0 Å². The highest BCUT2D eigenvalue weighted by Gasteiger charge is 2.34. The van der Waals surface area contributed by atoms with Crippen LogP contribution in [-0.4, -0.2) is 29.5 Å². The number of phenols is 2. The van der Waals surface area contributed by atoms with E-state index in [0.717, 1.165) is 11.1 Å². The number of anilines is 2.